The molecule has 0 N–H and O–H groups in total. The van der Waals surface area contributed by atoms with Crippen LogP contribution in [0.3, 0.4) is 0 Å². The topological polar surface area (TPSA) is 57.7 Å². The molecule has 0 bridgehead atoms. The second-order valence-corrected chi connectivity index (χ2v) is 7.81. The first-order valence-corrected chi connectivity index (χ1v) is 9.58. The third-order valence-electron chi connectivity index (χ3n) is 4.00. The summed E-state index contributed by atoms with van der Waals surface area (Å²) in [6.07, 6.45) is -0.849. The van der Waals surface area contributed by atoms with E-state index in [0.29, 0.717) is 32.4 Å². The maximum atomic E-state index is 14.1. The number of amides is 1. The Morgan fingerprint density at radius 1 is 1.28 bits per heavy atom. The smallest absolute Gasteiger partial charge is 0.255 e. The lowest BCUT2D eigenvalue weighted by Crippen LogP contribution is -2.36. The fourth-order valence-electron chi connectivity index (χ4n) is 2.80. The van der Waals surface area contributed by atoms with Gasteiger partial charge in [0.15, 0.2) is 0 Å². The van der Waals surface area contributed by atoms with Crippen LogP contribution >= 0.6 is 0 Å². The van der Waals surface area contributed by atoms with Crippen LogP contribution in [-0.2, 0) is 10.0 Å². The lowest BCUT2D eigenvalue weighted by atomic mass is 10.2. The molecule has 0 unspecified atom stereocenters. The predicted molar refractivity (Wildman–Crippen MR) is 86.6 cm³/mol. The number of hydrogen-bond donors (Lipinski definition) is 0. The van der Waals surface area contributed by atoms with E-state index < -0.39 is 39.6 Å². The quantitative estimate of drug-likeness (QED) is 0.733. The van der Waals surface area contributed by atoms with E-state index in [1.807, 2.05) is 0 Å². The summed E-state index contributed by atoms with van der Waals surface area (Å²) in [4.78, 5) is 12.8. The molecule has 1 aliphatic heterocycles. The number of alkyl halides is 2. The van der Waals surface area contributed by atoms with E-state index in [1.165, 1.54) is 4.31 Å². The van der Waals surface area contributed by atoms with Crippen molar-refractivity contribution in [3.63, 3.8) is 0 Å². The highest BCUT2D eigenvalue weighted by molar-refractivity contribution is 7.89. The number of benzene rings is 1. The van der Waals surface area contributed by atoms with Gasteiger partial charge in [-0.1, -0.05) is 6.92 Å². The van der Waals surface area contributed by atoms with E-state index in [-0.39, 0.29) is 12.1 Å². The summed E-state index contributed by atoms with van der Waals surface area (Å²) < 4.78 is 65.7. The monoisotopic (exact) mass is 378 g/mol. The van der Waals surface area contributed by atoms with Gasteiger partial charge in [0.05, 0.1) is 6.54 Å². The third-order valence-corrected chi connectivity index (χ3v) is 5.91. The summed E-state index contributed by atoms with van der Waals surface area (Å²) in [6, 6.07) is 2.96. The highest BCUT2D eigenvalue weighted by Crippen LogP contribution is 2.24. The zero-order valence-corrected chi connectivity index (χ0v) is 14.7. The van der Waals surface area contributed by atoms with Gasteiger partial charge in [-0.2, -0.15) is 4.31 Å². The Labute approximate surface area is 145 Å². The highest BCUT2D eigenvalue weighted by atomic mass is 32.2. The van der Waals surface area contributed by atoms with Crippen molar-refractivity contribution in [2.75, 3.05) is 26.2 Å². The molecule has 0 saturated carbocycles. The van der Waals surface area contributed by atoms with Gasteiger partial charge in [-0.3, -0.25) is 4.79 Å². The Balaban J connectivity index is 2.35. The van der Waals surface area contributed by atoms with Crippen molar-refractivity contribution in [3.05, 3.63) is 29.6 Å². The molecule has 1 heterocycles. The molecule has 140 valence electrons. The Morgan fingerprint density at radius 2 is 1.92 bits per heavy atom. The van der Waals surface area contributed by atoms with Crippen LogP contribution in [0.2, 0.25) is 0 Å². The molecule has 0 radical (unpaired) electrons. The minimum atomic E-state index is -4.05. The normalized spacial score (nSPS) is 15.7. The molecule has 0 atom stereocenters. The molecule has 0 aromatic heterocycles. The first-order valence-electron chi connectivity index (χ1n) is 8.14. The molecule has 1 amide bonds. The highest BCUT2D eigenvalue weighted by Gasteiger charge is 2.31. The summed E-state index contributed by atoms with van der Waals surface area (Å²) in [7, 11) is -4.05. The van der Waals surface area contributed by atoms with E-state index in [0.717, 1.165) is 23.1 Å². The molecule has 25 heavy (non-hydrogen) atoms. The van der Waals surface area contributed by atoms with Crippen LogP contribution in [0.4, 0.5) is 13.2 Å². The minimum absolute atomic E-state index is 0.106. The summed E-state index contributed by atoms with van der Waals surface area (Å²) >= 11 is 0. The fourth-order valence-corrected chi connectivity index (χ4v) is 4.40. The van der Waals surface area contributed by atoms with Gasteiger partial charge in [0, 0.05) is 25.2 Å². The van der Waals surface area contributed by atoms with Gasteiger partial charge in [0.2, 0.25) is 10.0 Å². The number of halogens is 3. The lowest BCUT2D eigenvalue weighted by Gasteiger charge is -2.22. The van der Waals surface area contributed by atoms with Gasteiger partial charge in [-0.05, 0) is 37.5 Å². The zero-order chi connectivity index (χ0) is 18.6. The molecule has 0 aliphatic carbocycles. The lowest BCUT2D eigenvalue weighted by molar-refractivity contribution is 0.0555. The van der Waals surface area contributed by atoms with Crippen molar-refractivity contribution < 1.29 is 26.4 Å². The van der Waals surface area contributed by atoms with Crippen LogP contribution < -0.4 is 0 Å². The van der Waals surface area contributed by atoms with Crippen LogP contribution in [-0.4, -0.2) is 56.1 Å². The zero-order valence-electron chi connectivity index (χ0n) is 13.9. The van der Waals surface area contributed by atoms with E-state index >= 15 is 0 Å². The number of sulfonamides is 1. The minimum Gasteiger partial charge on any atom is -0.333 e. The Kier molecular flexibility index (Phi) is 6.45. The average Bonchev–Trinajstić information content (AvgIpc) is 3.09. The van der Waals surface area contributed by atoms with Gasteiger partial charge >= 0.3 is 0 Å². The van der Waals surface area contributed by atoms with Crippen LogP contribution in [0, 0.1) is 5.82 Å². The maximum Gasteiger partial charge on any atom is 0.255 e. The second kappa shape index (κ2) is 8.18. The maximum absolute atomic E-state index is 14.1. The molecular weight excluding hydrogens is 357 g/mol. The Hall–Kier alpha value is -1.61. The van der Waals surface area contributed by atoms with Gasteiger partial charge in [0.25, 0.3) is 12.3 Å². The first-order chi connectivity index (χ1) is 11.8. The van der Waals surface area contributed by atoms with E-state index in [9.17, 15) is 26.4 Å². The largest absolute Gasteiger partial charge is 0.333 e. The molecule has 0 spiro atoms. The molecule has 2 rings (SSSR count). The van der Waals surface area contributed by atoms with Crippen molar-refractivity contribution in [1.82, 2.24) is 9.21 Å². The van der Waals surface area contributed by atoms with Crippen molar-refractivity contribution in [1.29, 1.82) is 0 Å². The summed E-state index contributed by atoms with van der Waals surface area (Å²) in [5.41, 5.74) is -0.117. The predicted octanol–water partition coefficient (Wildman–Crippen LogP) is 2.73. The molecular formula is C16H21F3N2O3S. The molecule has 1 aromatic carbocycles. The Morgan fingerprint density at radius 3 is 2.48 bits per heavy atom. The average molecular weight is 378 g/mol. The molecule has 1 fully saturated rings. The number of carbonyl (C=O) groups excluding carboxylic acids is 1. The van der Waals surface area contributed by atoms with E-state index in [2.05, 4.69) is 0 Å². The van der Waals surface area contributed by atoms with Crippen LogP contribution in [0.25, 0.3) is 0 Å². The number of rotatable bonds is 7. The third kappa shape index (κ3) is 4.52. The fraction of sp³-hybridized carbons (Fsp3) is 0.562. The molecule has 9 heteroatoms. The second-order valence-electron chi connectivity index (χ2n) is 5.90. The van der Waals surface area contributed by atoms with Crippen molar-refractivity contribution in [3.8, 4) is 0 Å². The number of nitrogens with zero attached hydrogens (tertiary/aromatic N) is 2. The van der Waals surface area contributed by atoms with Gasteiger partial charge < -0.3 is 4.90 Å². The standard InChI is InChI=1S/C16H21F3N2O3S/c1-2-7-20(11-15(18)19)16(22)12-5-6-13(17)14(10-12)25(23,24)21-8-3-4-9-21/h5-6,10,15H,2-4,7-9,11H2,1H3. The molecule has 1 aliphatic rings. The number of hydrogen-bond acceptors (Lipinski definition) is 3. The number of carbonyl (C=O) groups is 1. The van der Waals surface area contributed by atoms with Crippen molar-refractivity contribution in [2.24, 2.45) is 0 Å². The van der Waals surface area contributed by atoms with Crippen LogP contribution in [0.15, 0.2) is 23.1 Å². The molecule has 1 saturated heterocycles. The summed E-state index contributed by atoms with van der Waals surface area (Å²) in [6.45, 7) is 1.69. The van der Waals surface area contributed by atoms with E-state index in [4.69, 9.17) is 0 Å². The van der Waals surface area contributed by atoms with Gasteiger partial charge in [-0.15, -0.1) is 0 Å². The first kappa shape index (κ1) is 19.7. The molecule has 5 nitrogen and oxygen atoms in total. The van der Waals surface area contributed by atoms with Crippen LogP contribution in [0.1, 0.15) is 36.5 Å². The van der Waals surface area contributed by atoms with E-state index in [1.54, 1.807) is 6.92 Å². The summed E-state index contributed by atoms with van der Waals surface area (Å²) in [5.74, 6) is -1.70. The summed E-state index contributed by atoms with van der Waals surface area (Å²) in [5, 5.41) is 0. The molecule has 1 aromatic rings. The van der Waals surface area contributed by atoms with Gasteiger partial charge in [-0.25, -0.2) is 21.6 Å². The van der Waals surface area contributed by atoms with Crippen LogP contribution in [0.5, 0.6) is 0 Å². The SMILES string of the molecule is CCCN(CC(F)F)C(=O)c1ccc(F)c(S(=O)(=O)N2CCCC2)c1. The van der Waals surface area contributed by atoms with Gasteiger partial charge in [0.1, 0.15) is 10.7 Å². The van der Waals surface area contributed by atoms with Crippen molar-refractivity contribution >= 4 is 15.9 Å². The Bertz CT molecular complexity index is 719. The van der Waals surface area contributed by atoms with Crippen molar-refractivity contribution in [2.45, 2.75) is 37.5 Å².